The molecule has 1 unspecified atom stereocenters. The van der Waals surface area contributed by atoms with Crippen molar-refractivity contribution in [2.45, 2.75) is 4.83 Å². The predicted octanol–water partition coefficient (Wildman–Crippen LogP) is 4.47. The molecule has 0 saturated heterocycles. The lowest BCUT2D eigenvalue weighted by molar-refractivity contribution is 0.391. The van der Waals surface area contributed by atoms with Crippen LogP contribution in [0.3, 0.4) is 0 Å². The van der Waals surface area contributed by atoms with Crippen molar-refractivity contribution in [3.63, 3.8) is 0 Å². The maximum atomic E-state index is 13.3. The Kier molecular flexibility index (Phi) is 4.60. The second-order valence-corrected chi connectivity index (χ2v) is 5.06. The summed E-state index contributed by atoms with van der Waals surface area (Å²) in [5.41, 5.74) is 1.41. The molecule has 0 bridgehead atoms. The quantitative estimate of drug-likeness (QED) is 0.763. The maximum Gasteiger partial charge on any atom is 0.159 e. The highest BCUT2D eigenvalue weighted by atomic mass is 79.9. The molecule has 0 N–H and O–H groups in total. The molecule has 0 heterocycles. The van der Waals surface area contributed by atoms with Crippen LogP contribution in [0.4, 0.5) is 8.78 Å². The van der Waals surface area contributed by atoms with E-state index in [9.17, 15) is 8.78 Å². The zero-order valence-corrected chi connectivity index (χ0v) is 12.6. The standard InChI is InChI=1S/C15H13BrF2O2/c1-19-10-4-5-11(14(8-10)20-2)15(16)9-3-6-12(17)13(18)7-9/h3-8,15H,1-2H3. The zero-order valence-electron chi connectivity index (χ0n) is 11.0. The van der Waals surface area contributed by atoms with Crippen LogP contribution in [0, 0.1) is 11.6 Å². The third kappa shape index (κ3) is 2.93. The number of halogens is 3. The topological polar surface area (TPSA) is 18.5 Å². The number of hydrogen-bond donors (Lipinski definition) is 0. The Morgan fingerprint density at radius 2 is 1.70 bits per heavy atom. The highest BCUT2D eigenvalue weighted by Gasteiger charge is 2.17. The van der Waals surface area contributed by atoms with Crippen LogP contribution in [0.2, 0.25) is 0 Å². The summed E-state index contributed by atoms with van der Waals surface area (Å²) < 4.78 is 36.7. The van der Waals surface area contributed by atoms with Crippen LogP contribution in [0.15, 0.2) is 36.4 Å². The predicted molar refractivity (Wildman–Crippen MR) is 76.7 cm³/mol. The molecule has 2 nitrogen and oxygen atoms in total. The largest absolute Gasteiger partial charge is 0.497 e. The monoisotopic (exact) mass is 342 g/mol. The molecule has 1 atom stereocenters. The number of hydrogen-bond acceptors (Lipinski definition) is 2. The Morgan fingerprint density at radius 1 is 0.950 bits per heavy atom. The van der Waals surface area contributed by atoms with Crippen molar-refractivity contribution in [1.29, 1.82) is 0 Å². The van der Waals surface area contributed by atoms with E-state index in [1.807, 2.05) is 6.07 Å². The van der Waals surface area contributed by atoms with Crippen LogP contribution >= 0.6 is 15.9 Å². The average molecular weight is 343 g/mol. The van der Waals surface area contributed by atoms with Gasteiger partial charge >= 0.3 is 0 Å². The van der Waals surface area contributed by atoms with Gasteiger partial charge in [0.1, 0.15) is 11.5 Å². The molecule has 2 aromatic rings. The average Bonchev–Trinajstić information content (AvgIpc) is 2.48. The Hall–Kier alpha value is -1.62. The van der Waals surface area contributed by atoms with E-state index in [1.54, 1.807) is 26.4 Å². The zero-order chi connectivity index (χ0) is 14.7. The highest BCUT2D eigenvalue weighted by molar-refractivity contribution is 9.09. The summed E-state index contributed by atoms with van der Waals surface area (Å²) in [4.78, 5) is -0.307. The van der Waals surface area contributed by atoms with Gasteiger partial charge in [0.2, 0.25) is 0 Å². The minimum absolute atomic E-state index is 0.307. The van der Waals surface area contributed by atoms with Crippen molar-refractivity contribution in [3.05, 3.63) is 59.2 Å². The minimum atomic E-state index is -0.876. The molecular formula is C15H13BrF2O2. The van der Waals surface area contributed by atoms with Crippen molar-refractivity contribution in [2.24, 2.45) is 0 Å². The molecule has 0 aliphatic rings. The van der Waals surface area contributed by atoms with Crippen LogP contribution in [-0.2, 0) is 0 Å². The summed E-state index contributed by atoms with van der Waals surface area (Å²) >= 11 is 3.48. The fraction of sp³-hybridized carbons (Fsp3) is 0.200. The molecule has 0 saturated carbocycles. The number of ether oxygens (including phenoxy) is 2. The molecule has 0 radical (unpaired) electrons. The third-order valence-corrected chi connectivity index (χ3v) is 3.97. The van der Waals surface area contributed by atoms with Gasteiger partial charge in [-0.25, -0.2) is 8.78 Å². The molecule has 0 fully saturated rings. The fourth-order valence-corrected chi connectivity index (χ4v) is 2.54. The SMILES string of the molecule is COc1ccc(C(Br)c2ccc(F)c(F)c2)c(OC)c1. The summed E-state index contributed by atoms with van der Waals surface area (Å²) in [7, 11) is 3.11. The van der Waals surface area contributed by atoms with Gasteiger partial charge in [-0.15, -0.1) is 0 Å². The highest BCUT2D eigenvalue weighted by Crippen LogP contribution is 2.38. The third-order valence-electron chi connectivity index (χ3n) is 2.95. The summed E-state index contributed by atoms with van der Waals surface area (Å²) in [6.07, 6.45) is 0. The van der Waals surface area contributed by atoms with Crippen molar-refractivity contribution >= 4 is 15.9 Å². The van der Waals surface area contributed by atoms with E-state index in [2.05, 4.69) is 15.9 Å². The second kappa shape index (κ2) is 6.22. The lowest BCUT2D eigenvalue weighted by Gasteiger charge is -2.16. The van der Waals surface area contributed by atoms with E-state index >= 15 is 0 Å². The van der Waals surface area contributed by atoms with E-state index in [0.717, 1.165) is 11.6 Å². The summed E-state index contributed by atoms with van der Waals surface area (Å²) in [5, 5.41) is 0. The number of alkyl halides is 1. The van der Waals surface area contributed by atoms with E-state index < -0.39 is 11.6 Å². The van der Waals surface area contributed by atoms with Gasteiger partial charge in [0, 0.05) is 11.6 Å². The van der Waals surface area contributed by atoms with Gasteiger partial charge in [-0.3, -0.25) is 0 Å². The van der Waals surface area contributed by atoms with Crippen LogP contribution in [0.1, 0.15) is 16.0 Å². The fourth-order valence-electron chi connectivity index (χ4n) is 1.88. The molecule has 106 valence electrons. The van der Waals surface area contributed by atoms with E-state index in [1.165, 1.54) is 12.1 Å². The van der Waals surface area contributed by atoms with Crippen molar-refractivity contribution in [2.75, 3.05) is 14.2 Å². The van der Waals surface area contributed by atoms with Gasteiger partial charge in [-0.2, -0.15) is 0 Å². The molecule has 20 heavy (non-hydrogen) atoms. The molecule has 2 rings (SSSR count). The first-order chi connectivity index (χ1) is 9.56. The molecule has 0 amide bonds. The van der Waals surface area contributed by atoms with Gasteiger partial charge in [-0.05, 0) is 23.8 Å². The van der Waals surface area contributed by atoms with Gasteiger partial charge in [0.25, 0.3) is 0 Å². The first-order valence-electron chi connectivity index (χ1n) is 5.87. The maximum absolute atomic E-state index is 13.3. The van der Waals surface area contributed by atoms with Crippen molar-refractivity contribution in [1.82, 2.24) is 0 Å². The van der Waals surface area contributed by atoms with Gasteiger partial charge in [0.05, 0.1) is 19.0 Å². The first-order valence-corrected chi connectivity index (χ1v) is 6.79. The van der Waals surface area contributed by atoms with Gasteiger partial charge in [0.15, 0.2) is 11.6 Å². The van der Waals surface area contributed by atoms with E-state index in [4.69, 9.17) is 9.47 Å². The molecule has 0 aromatic heterocycles. The van der Waals surface area contributed by atoms with Crippen LogP contribution in [-0.4, -0.2) is 14.2 Å². The van der Waals surface area contributed by atoms with Crippen LogP contribution in [0.25, 0.3) is 0 Å². The van der Waals surface area contributed by atoms with Crippen molar-refractivity contribution in [3.8, 4) is 11.5 Å². The van der Waals surface area contributed by atoms with Gasteiger partial charge < -0.3 is 9.47 Å². The molecule has 0 aliphatic carbocycles. The van der Waals surface area contributed by atoms with Crippen LogP contribution < -0.4 is 9.47 Å². The Morgan fingerprint density at radius 3 is 2.30 bits per heavy atom. The summed E-state index contributed by atoms with van der Waals surface area (Å²) in [6, 6.07) is 9.14. The normalized spacial score (nSPS) is 12.1. The lowest BCUT2D eigenvalue weighted by atomic mass is 10.0. The summed E-state index contributed by atoms with van der Waals surface area (Å²) in [5.74, 6) is -0.471. The lowest BCUT2D eigenvalue weighted by Crippen LogP contribution is -1.99. The van der Waals surface area contributed by atoms with E-state index in [0.29, 0.717) is 17.1 Å². The molecule has 2 aromatic carbocycles. The molecular weight excluding hydrogens is 330 g/mol. The number of methoxy groups -OCH3 is 2. The molecule has 5 heteroatoms. The number of rotatable bonds is 4. The Bertz CT molecular complexity index is 617. The van der Waals surface area contributed by atoms with Gasteiger partial charge in [-0.1, -0.05) is 28.1 Å². The Labute approximate surface area is 124 Å². The molecule has 0 spiro atoms. The smallest absolute Gasteiger partial charge is 0.159 e. The van der Waals surface area contributed by atoms with E-state index in [-0.39, 0.29) is 4.83 Å². The first kappa shape index (κ1) is 14.8. The van der Waals surface area contributed by atoms with Crippen molar-refractivity contribution < 1.29 is 18.3 Å². The Balaban J connectivity index is 2.41. The number of benzene rings is 2. The second-order valence-electron chi connectivity index (χ2n) is 4.14. The minimum Gasteiger partial charge on any atom is -0.497 e. The summed E-state index contributed by atoms with van der Waals surface area (Å²) in [6.45, 7) is 0. The van der Waals surface area contributed by atoms with Crippen LogP contribution in [0.5, 0.6) is 11.5 Å². The molecule has 0 aliphatic heterocycles.